The molecule has 1 aromatic rings. The molecule has 0 aliphatic rings. The summed E-state index contributed by atoms with van der Waals surface area (Å²) in [4.78, 5) is -1.29. The summed E-state index contributed by atoms with van der Waals surface area (Å²) in [6, 6.07) is 2.37. The van der Waals surface area contributed by atoms with E-state index in [4.69, 9.17) is 5.73 Å². The highest BCUT2D eigenvalue weighted by Crippen LogP contribution is 2.19. The topological polar surface area (TPSA) is 72.2 Å². The molecule has 0 amide bonds. The van der Waals surface area contributed by atoms with Crippen LogP contribution in [0.5, 0.6) is 0 Å². The Balaban J connectivity index is 3.01. The number of sulfonamides is 1. The summed E-state index contributed by atoms with van der Waals surface area (Å²) in [5.41, 5.74) is 4.70. The summed E-state index contributed by atoms with van der Waals surface area (Å²) in [5, 5.41) is 0. The molecule has 0 saturated heterocycles. The zero-order chi connectivity index (χ0) is 14.0. The Labute approximate surface area is 101 Å². The summed E-state index contributed by atoms with van der Waals surface area (Å²) in [7, 11) is -4.70. The second kappa shape index (κ2) is 5.21. The Morgan fingerprint density at radius 2 is 1.72 bits per heavy atom. The third-order valence-electron chi connectivity index (χ3n) is 2.01. The SMILES string of the molecule is NCC(F)(F)CNS(=O)(=O)c1c(F)cccc1F. The van der Waals surface area contributed by atoms with Gasteiger partial charge in [-0.15, -0.1) is 0 Å². The Morgan fingerprint density at radius 1 is 1.22 bits per heavy atom. The van der Waals surface area contributed by atoms with Gasteiger partial charge in [0.15, 0.2) is 4.90 Å². The summed E-state index contributed by atoms with van der Waals surface area (Å²) in [6.45, 7) is -2.42. The van der Waals surface area contributed by atoms with Gasteiger partial charge in [0, 0.05) is 0 Å². The van der Waals surface area contributed by atoms with Gasteiger partial charge in [-0.05, 0) is 12.1 Å². The van der Waals surface area contributed by atoms with E-state index in [0.29, 0.717) is 12.1 Å². The van der Waals surface area contributed by atoms with Gasteiger partial charge in [0.2, 0.25) is 10.0 Å². The van der Waals surface area contributed by atoms with E-state index in [1.807, 2.05) is 0 Å². The summed E-state index contributed by atoms with van der Waals surface area (Å²) < 4.78 is 76.2. The van der Waals surface area contributed by atoms with Crippen molar-refractivity contribution in [1.29, 1.82) is 0 Å². The quantitative estimate of drug-likeness (QED) is 0.788. The highest BCUT2D eigenvalue weighted by molar-refractivity contribution is 7.89. The Bertz CT molecular complexity index is 513. The molecule has 1 aromatic carbocycles. The second-order valence-corrected chi connectivity index (χ2v) is 5.14. The number of alkyl halides is 2. The minimum atomic E-state index is -4.70. The minimum Gasteiger partial charge on any atom is -0.325 e. The smallest absolute Gasteiger partial charge is 0.273 e. The highest BCUT2D eigenvalue weighted by atomic mass is 32.2. The van der Waals surface area contributed by atoms with Crippen molar-refractivity contribution in [2.45, 2.75) is 10.8 Å². The largest absolute Gasteiger partial charge is 0.325 e. The average molecular weight is 286 g/mol. The van der Waals surface area contributed by atoms with Crippen LogP contribution in [0, 0.1) is 11.6 Å². The van der Waals surface area contributed by atoms with E-state index in [1.165, 1.54) is 4.72 Å². The van der Waals surface area contributed by atoms with E-state index in [-0.39, 0.29) is 0 Å². The third-order valence-corrected chi connectivity index (χ3v) is 3.46. The van der Waals surface area contributed by atoms with E-state index in [2.05, 4.69) is 0 Å². The number of benzene rings is 1. The summed E-state index contributed by atoms with van der Waals surface area (Å²) in [6.07, 6.45) is 0. The second-order valence-electron chi connectivity index (χ2n) is 3.44. The lowest BCUT2D eigenvalue weighted by molar-refractivity contribution is 0.0170. The van der Waals surface area contributed by atoms with Crippen LogP contribution in [-0.2, 0) is 10.0 Å². The first-order valence-electron chi connectivity index (χ1n) is 4.71. The summed E-state index contributed by atoms with van der Waals surface area (Å²) >= 11 is 0. The molecular formula is C9H10F4N2O2S. The van der Waals surface area contributed by atoms with Crippen molar-refractivity contribution in [2.24, 2.45) is 5.73 Å². The molecule has 102 valence electrons. The molecule has 0 atom stereocenters. The van der Waals surface area contributed by atoms with Gasteiger partial charge in [-0.25, -0.2) is 30.7 Å². The van der Waals surface area contributed by atoms with Crippen molar-refractivity contribution in [3.8, 4) is 0 Å². The number of nitrogens with two attached hydrogens (primary N) is 1. The molecule has 18 heavy (non-hydrogen) atoms. The van der Waals surface area contributed by atoms with Crippen LogP contribution in [0.2, 0.25) is 0 Å². The number of hydrogen-bond acceptors (Lipinski definition) is 3. The molecule has 0 bridgehead atoms. The number of nitrogens with one attached hydrogen (secondary N) is 1. The van der Waals surface area contributed by atoms with E-state index in [1.54, 1.807) is 0 Å². The van der Waals surface area contributed by atoms with Crippen molar-refractivity contribution < 1.29 is 26.0 Å². The van der Waals surface area contributed by atoms with Gasteiger partial charge in [-0.3, -0.25) is 0 Å². The molecule has 0 fully saturated rings. The van der Waals surface area contributed by atoms with Crippen LogP contribution in [0.4, 0.5) is 17.6 Å². The predicted molar refractivity (Wildman–Crippen MR) is 55.5 cm³/mol. The van der Waals surface area contributed by atoms with Crippen LogP contribution in [0.1, 0.15) is 0 Å². The van der Waals surface area contributed by atoms with Crippen molar-refractivity contribution >= 4 is 10.0 Å². The van der Waals surface area contributed by atoms with Crippen LogP contribution in [0.3, 0.4) is 0 Å². The van der Waals surface area contributed by atoms with E-state index >= 15 is 0 Å². The fourth-order valence-corrected chi connectivity index (χ4v) is 2.28. The monoisotopic (exact) mass is 286 g/mol. The van der Waals surface area contributed by atoms with Gasteiger partial charge in [0.25, 0.3) is 5.92 Å². The van der Waals surface area contributed by atoms with Gasteiger partial charge in [-0.2, -0.15) is 0 Å². The van der Waals surface area contributed by atoms with E-state index in [9.17, 15) is 26.0 Å². The normalized spacial score (nSPS) is 12.7. The Hall–Kier alpha value is -1.19. The van der Waals surface area contributed by atoms with Crippen LogP contribution in [0.25, 0.3) is 0 Å². The Morgan fingerprint density at radius 3 is 2.17 bits per heavy atom. The molecule has 0 spiro atoms. The minimum absolute atomic E-state index is 0.707. The highest BCUT2D eigenvalue weighted by Gasteiger charge is 2.31. The molecule has 0 saturated carbocycles. The average Bonchev–Trinajstić information content (AvgIpc) is 2.26. The van der Waals surface area contributed by atoms with E-state index in [0.717, 1.165) is 6.07 Å². The first-order valence-corrected chi connectivity index (χ1v) is 6.19. The third kappa shape index (κ3) is 3.40. The molecule has 0 heterocycles. The molecule has 0 aliphatic carbocycles. The molecule has 0 aliphatic heterocycles. The van der Waals surface area contributed by atoms with E-state index < -0.39 is 45.6 Å². The molecule has 3 N–H and O–H groups in total. The number of rotatable bonds is 5. The van der Waals surface area contributed by atoms with Crippen molar-refractivity contribution in [3.63, 3.8) is 0 Å². The fraction of sp³-hybridized carbons (Fsp3) is 0.333. The van der Waals surface area contributed by atoms with Gasteiger partial charge in [0.1, 0.15) is 11.6 Å². The van der Waals surface area contributed by atoms with Crippen molar-refractivity contribution in [2.75, 3.05) is 13.1 Å². The van der Waals surface area contributed by atoms with Crippen LogP contribution in [0.15, 0.2) is 23.1 Å². The molecule has 4 nitrogen and oxygen atoms in total. The molecule has 0 unspecified atom stereocenters. The van der Waals surface area contributed by atoms with Gasteiger partial charge < -0.3 is 5.73 Å². The lowest BCUT2D eigenvalue weighted by atomic mass is 10.3. The lowest BCUT2D eigenvalue weighted by Gasteiger charge is -2.15. The summed E-state index contributed by atoms with van der Waals surface area (Å²) in [5.74, 6) is -6.22. The van der Waals surface area contributed by atoms with Crippen molar-refractivity contribution in [3.05, 3.63) is 29.8 Å². The van der Waals surface area contributed by atoms with Crippen LogP contribution < -0.4 is 10.5 Å². The maximum atomic E-state index is 13.2. The zero-order valence-electron chi connectivity index (χ0n) is 8.96. The number of halogens is 4. The predicted octanol–water partition coefficient (Wildman–Crippen LogP) is 0.837. The molecule has 1 rings (SSSR count). The molecule has 0 radical (unpaired) electrons. The molecule has 0 aromatic heterocycles. The van der Waals surface area contributed by atoms with Gasteiger partial charge in [0.05, 0.1) is 13.1 Å². The molecular weight excluding hydrogens is 276 g/mol. The lowest BCUT2D eigenvalue weighted by Crippen LogP contribution is -2.41. The van der Waals surface area contributed by atoms with Crippen LogP contribution >= 0.6 is 0 Å². The zero-order valence-corrected chi connectivity index (χ0v) is 9.78. The fourth-order valence-electron chi connectivity index (χ4n) is 1.08. The van der Waals surface area contributed by atoms with Gasteiger partial charge in [-0.1, -0.05) is 6.07 Å². The van der Waals surface area contributed by atoms with Crippen LogP contribution in [-0.4, -0.2) is 27.4 Å². The van der Waals surface area contributed by atoms with Gasteiger partial charge >= 0.3 is 0 Å². The maximum absolute atomic E-state index is 13.2. The maximum Gasteiger partial charge on any atom is 0.273 e. The Kier molecular flexibility index (Phi) is 4.30. The number of hydrogen-bond donors (Lipinski definition) is 2. The molecule has 9 heteroatoms. The first-order chi connectivity index (χ1) is 8.19. The van der Waals surface area contributed by atoms with Crippen molar-refractivity contribution in [1.82, 2.24) is 4.72 Å². The first kappa shape index (κ1) is 14.9. The standard InChI is InChI=1S/C9H10F4N2O2S/c10-6-2-1-3-7(11)8(6)18(16,17)15-5-9(12,13)4-14/h1-3,15H,4-5,14H2.